The maximum Gasteiger partial charge on any atom is 0.247 e. The molecule has 0 spiro atoms. The standard InChI is InChI=1S/C20H26N4OS/c1-3-16(9-10-17-14-15(2)22-23-17)21-20(25)19(24-11-5-6-12-24)18-8-4-7-13-26-18/h4,7,9-10,13,19,23H,3,5-6,11-12,14H2,1-2H3,(H,21,25)/b16-9+,17-10+. The fourth-order valence-corrected chi connectivity index (χ4v) is 4.03. The monoisotopic (exact) mass is 370 g/mol. The van der Waals surface area contributed by atoms with E-state index in [1.54, 1.807) is 11.8 Å². The van der Waals surface area contributed by atoms with Crippen LogP contribution in [0, 0.1) is 0 Å². The Balaban J connectivity index is 1.72. The molecule has 1 amide bonds. The average molecular weight is 371 g/mol. The normalized spacial score (nSPS) is 23.0. The predicted molar refractivity (Wildman–Crippen MR) is 108 cm³/mol. The van der Waals surface area contributed by atoms with Gasteiger partial charge in [-0.25, -0.2) is 0 Å². The van der Waals surface area contributed by atoms with Crippen molar-refractivity contribution >= 4 is 23.4 Å². The molecule has 3 rings (SSSR count). The Hall–Kier alpha value is -2.01. The van der Waals surface area contributed by atoms with Gasteiger partial charge in [-0.05, 0) is 69.0 Å². The molecule has 0 aromatic heterocycles. The average Bonchev–Trinajstić information content (AvgIpc) is 3.32. The van der Waals surface area contributed by atoms with E-state index in [1.165, 1.54) is 0 Å². The van der Waals surface area contributed by atoms with Crippen LogP contribution in [-0.4, -0.2) is 35.7 Å². The quantitative estimate of drug-likeness (QED) is 0.704. The van der Waals surface area contributed by atoms with E-state index in [0.29, 0.717) is 0 Å². The third-order valence-corrected chi connectivity index (χ3v) is 5.47. The number of allylic oxidation sites excluding steroid dienone is 5. The second-order valence-electron chi connectivity index (χ2n) is 6.63. The number of nitrogens with zero attached hydrogens (tertiary/aromatic N) is 2. The summed E-state index contributed by atoms with van der Waals surface area (Å²) in [7, 11) is 0. The number of carbonyl (C=O) groups excluding carboxylic acids is 1. The largest absolute Gasteiger partial charge is 0.328 e. The summed E-state index contributed by atoms with van der Waals surface area (Å²) < 4.78 is 0. The molecule has 138 valence electrons. The van der Waals surface area contributed by atoms with Crippen molar-refractivity contribution in [1.82, 2.24) is 15.6 Å². The Kier molecular flexibility index (Phi) is 6.56. The van der Waals surface area contributed by atoms with Crippen molar-refractivity contribution < 1.29 is 4.79 Å². The number of hydrogen-bond acceptors (Lipinski definition) is 5. The van der Waals surface area contributed by atoms with E-state index in [4.69, 9.17) is 0 Å². The minimum atomic E-state index is -0.263. The van der Waals surface area contributed by atoms with Crippen LogP contribution in [0.3, 0.4) is 0 Å². The van der Waals surface area contributed by atoms with Crippen molar-refractivity contribution in [3.8, 4) is 0 Å². The summed E-state index contributed by atoms with van der Waals surface area (Å²) in [5.41, 5.74) is 9.31. The van der Waals surface area contributed by atoms with Gasteiger partial charge in [0, 0.05) is 23.5 Å². The summed E-state index contributed by atoms with van der Waals surface area (Å²) in [4.78, 5) is 16.3. The van der Waals surface area contributed by atoms with Crippen LogP contribution in [0.4, 0.5) is 0 Å². The van der Waals surface area contributed by atoms with Gasteiger partial charge in [0.1, 0.15) is 6.04 Å². The molecule has 3 aliphatic heterocycles. The molecule has 1 atom stereocenters. The molecule has 3 heterocycles. The lowest BCUT2D eigenvalue weighted by Gasteiger charge is -2.27. The number of likely N-dealkylation sites (tertiary alicyclic amines) is 1. The van der Waals surface area contributed by atoms with Gasteiger partial charge in [-0.15, -0.1) is 5.73 Å². The van der Waals surface area contributed by atoms with Gasteiger partial charge in [0.05, 0.1) is 4.91 Å². The van der Waals surface area contributed by atoms with Crippen LogP contribution in [0.1, 0.15) is 39.5 Å². The smallest absolute Gasteiger partial charge is 0.247 e. The van der Waals surface area contributed by atoms with Crippen molar-refractivity contribution in [3.05, 3.63) is 51.7 Å². The Labute approximate surface area is 159 Å². The molecule has 0 aliphatic carbocycles. The van der Waals surface area contributed by atoms with E-state index in [9.17, 15) is 4.79 Å². The molecule has 0 radical (unpaired) electrons. The molecule has 0 bridgehead atoms. The molecule has 2 N–H and O–H groups in total. The van der Waals surface area contributed by atoms with Gasteiger partial charge in [0.25, 0.3) is 0 Å². The maximum atomic E-state index is 13.1. The number of thioether (sulfide) groups is 1. The predicted octanol–water partition coefficient (Wildman–Crippen LogP) is 3.41. The van der Waals surface area contributed by atoms with Crippen molar-refractivity contribution in [1.29, 1.82) is 0 Å². The Morgan fingerprint density at radius 3 is 2.92 bits per heavy atom. The SMILES string of the molecule is CC/C(=C\C=C1/CC(C)=NN1)NC(=O)C(C1=C=CC=CS1)N1CCCC1. The minimum Gasteiger partial charge on any atom is -0.328 e. The van der Waals surface area contributed by atoms with E-state index < -0.39 is 0 Å². The summed E-state index contributed by atoms with van der Waals surface area (Å²) in [5, 5.41) is 9.32. The number of hydrazone groups is 1. The second-order valence-corrected chi connectivity index (χ2v) is 7.58. The van der Waals surface area contributed by atoms with Crippen molar-refractivity contribution in [2.24, 2.45) is 5.10 Å². The van der Waals surface area contributed by atoms with Crippen molar-refractivity contribution in [2.45, 2.75) is 45.6 Å². The Bertz CT molecular complexity index is 735. The zero-order valence-electron chi connectivity index (χ0n) is 15.4. The number of rotatable bonds is 6. The fraction of sp³-hybridized carbons (Fsp3) is 0.450. The van der Waals surface area contributed by atoms with E-state index in [1.807, 2.05) is 36.6 Å². The first-order chi connectivity index (χ1) is 12.7. The van der Waals surface area contributed by atoms with Gasteiger partial charge in [-0.1, -0.05) is 18.7 Å². The summed E-state index contributed by atoms with van der Waals surface area (Å²) in [6, 6.07) is -0.263. The molecule has 0 aromatic carbocycles. The molecular formula is C20H26N4OS. The van der Waals surface area contributed by atoms with Crippen LogP contribution in [-0.2, 0) is 4.79 Å². The number of amides is 1. The van der Waals surface area contributed by atoms with E-state index in [-0.39, 0.29) is 11.9 Å². The molecule has 3 aliphatic rings. The first-order valence-electron chi connectivity index (χ1n) is 9.19. The molecule has 6 heteroatoms. The summed E-state index contributed by atoms with van der Waals surface area (Å²) in [5.74, 6) is 0.0314. The van der Waals surface area contributed by atoms with Gasteiger partial charge in [-0.3, -0.25) is 15.1 Å². The van der Waals surface area contributed by atoms with E-state index >= 15 is 0 Å². The molecule has 1 fully saturated rings. The Morgan fingerprint density at radius 1 is 1.50 bits per heavy atom. The lowest BCUT2D eigenvalue weighted by atomic mass is 10.2. The van der Waals surface area contributed by atoms with Crippen LogP contribution < -0.4 is 10.7 Å². The highest BCUT2D eigenvalue weighted by atomic mass is 32.2. The highest BCUT2D eigenvalue weighted by molar-refractivity contribution is 8.05. The van der Waals surface area contributed by atoms with Crippen LogP contribution in [0.25, 0.3) is 0 Å². The zero-order chi connectivity index (χ0) is 18.4. The number of carbonyl (C=O) groups is 1. The molecule has 5 nitrogen and oxygen atoms in total. The molecular weight excluding hydrogens is 344 g/mol. The molecule has 26 heavy (non-hydrogen) atoms. The number of hydrogen-bond donors (Lipinski definition) is 2. The van der Waals surface area contributed by atoms with Gasteiger partial charge in [0.15, 0.2) is 0 Å². The lowest BCUT2D eigenvalue weighted by Crippen LogP contribution is -2.46. The minimum absolute atomic E-state index is 0.0314. The highest BCUT2D eigenvalue weighted by Gasteiger charge is 2.32. The molecule has 1 saturated heterocycles. The van der Waals surface area contributed by atoms with Crippen LogP contribution in [0.5, 0.6) is 0 Å². The third kappa shape index (κ3) is 4.79. The zero-order valence-corrected chi connectivity index (χ0v) is 16.2. The van der Waals surface area contributed by atoms with Gasteiger partial charge in [0.2, 0.25) is 5.91 Å². The lowest BCUT2D eigenvalue weighted by molar-refractivity contribution is -0.123. The summed E-state index contributed by atoms with van der Waals surface area (Å²) in [6.07, 6.45) is 11.7. The summed E-state index contributed by atoms with van der Waals surface area (Å²) in [6.45, 7) is 5.97. The van der Waals surface area contributed by atoms with Crippen molar-refractivity contribution in [2.75, 3.05) is 13.1 Å². The summed E-state index contributed by atoms with van der Waals surface area (Å²) >= 11 is 1.59. The van der Waals surface area contributed by atoms with E-state index in [2.05, 4.69) is 33.4 Å². The second kappa shape index (κ2) is 9.08. The Morgan fingerprint density at radius 2 is 2.31 bits per heavy atom. The highest BCUT2D eigenvalue weighted by Crippen LogP contribution is 2.28. The topological polar surface area (TPSA) is 56.7 Å². The first-order valence-corrected chi connectivity index (χ1v) is 10.1. The number of nitrogens with one attached hydrogen (secondary N) is 2. The van der Waals surface area contributed by atoms with Gasteiger partial charge < -0.3 is 5.32 Å². The third-order valence-electron chi connectivity index (χ3n) is 4.58. The molecule has 0 aromatic rings. The van der Waals surface area contributed by atoms with Gasteiger partial charge in [-0.2, -0.15) is 5.10 Å². The van der Waals surface area contributed by atoms with Gasteiger partial charge >= 0.3 is 0 Å². The maximum absolute atomic E-state index is 13.1. The molecule has 0 saturated carbocycles. The van der Waals surface area contributed by atoms with Crippen molar-refractivity contribution in [3.63, 3.8) is 0 Å². The first kappa shape index (κ1) is 18.8. The van der Waals surface area contributed by atoms with Crippen LogP contribution in [0.15, 0.2) is 56.8 Å². The fourth-order valence-electron chi connectivity index (χ4n) is 3.20. The van der Waals surface area contributed by atoms with Crippen LogP contribution >= 0.6 is 11.8 Å². The van der Waals surface area contributed by atoms with E-state index in [0.717, 1.165) is 60.8 Å². The van der Waals surface area contributed by atoms with Crippen LogP contribution in [0.2, 0.25) is 0 Å². The molecule has 1 unspecified atom stereocenters.